The quantitative estimate of drug-likeness (QED) is 0.824. The molecule has 0 spiro atoms. The number of benzene rings is 1. The van der Waals surface area contributed by atoms with E-state index < -0.39 is 11.6 Å². The highest BCUT2D eigenvalue weighted by Crippen LogP contribution is 2.28. The number of halogens is 2. The average molecular weight is 282 g/mol. The van der Waals surface area contributed by atoms with Gasteiger partial charge >= 0.3 is 0 Å². The number of hydrogen-bond acceptors (Lipinski definition) is 2. The van der Waals surface area contributed by atoms with Crippen molar-refractivity contribution in [1.82, 2.24) is 0 Å². The summed E-state index contributed by atoms with van der Waals surface area (Å²) in [6.45, 7) is 0. The van der Waals surface area contributed by atoms with E-state index in [4.69, 9.17) is 5.73 Å². The van der Waals surface area contributed by atoms with Crippen LogP contribution in [0.4, 0.5) is 20.2 Å². The molecule has 0 atom stereocenters. The van der Waals surface area contributed by atoms with Gasteiger partial charge in [0.05, 0.1) is 5.69 Å². The molecular formula is C15H20F2N2O. The first-order valence-electron chi connectivity index (χ1n) is 7.11. The Balaban J connectivity index is 1.89. The van der Waals surface area contributed by atoms with Gasteiger partial charge < -0.3 is 11.1 Å². The summed E-state index contributed by atoms with van der Waals surface area (Å²) in [6, 6.07) is 2.19. The highest BCUT2D eigenvalue weighted by atomic mass is 19.2. The van der Waals surface area contributed by atoms with Crippen molar-refractivity contribution in [2.75, 3.05) is 11.1 Å². The standard InChI is InChI=1S/C15H20F2N2O/c16-11-7-8-12(18)15(14(11)17)19-13(20)9-6-10-4-2-1-3-5-10/h7-8,10H,1-6,9,18H2,(H,19,20). The molecule has 2 rings (SSSR count). The normalized spacial score (nSPS) is 16.1. The van der Waals surface area contributed by atoms with Gasteiger partial charge in [0.2, 0.25) is 5.91 Å². The summed E-state index contributed by atoms with van der Waals surface area (Å²) in [5.74, 6) is -1.85. The Morgan fingerprint density at radius 1 is 1.25 bits per heavy atom. The maximum absolute atomic E-state index is 13.5. The lowest BCUT2D eigenvalue weighted by Gasteiger charge is -2.21. The predicted molar refractivity (Wildman–Crippen MR) is 75.2 cm³/mol. The van der Waals surface area contributed by atoms with Gasteiger partial charge in [0, 0.05) is 6.42 Å². The molecule has 0 aliphatic heterocycles. The molecule has 0 heterocycles. The monoisotopic (exact) mass is 282 g/mol. The molecule has 1 amide bonds. The number of carbonyl (C=O) groups excluding carboxylic acids is 1. The summed E-state index contributed by atoms with van der Waals surface area (Å²) in [4.78, 5) is 11.8. The molecule has 0 saturated heterocycles. The Kier molecular flexibility index (Phi) is 4.93. The summed E-state index contributed by atoms with van der Waals surface area (Å²) in [7, 11) is 0. The molecule has 1 fully saturated rings. The minimum Gasteiger partial charge on any atom is -0.397 e. The second-order valence-electron chi connectivity index (χ2n) is 5.42. The third-order valence-corrected chi connectivity index (χ3v) is 3.90. The number of hydrogen-bond donors (Lipinski definition) is 2. The largest absolute Gasteiger partial charge is 0.397 e. The first kappa shape index (κ1) is 14.8. The molecular weight excluding hydrogens is 262 g/mol. The smallest absolute Gasteiger partial charge is 0.224 e. The minimum atomic E-state index is -1.10. The molecule has 110 valence electrons. The Morgan fingerprint density at radius 2 is 1.95 bits per heavy atom. The van der Waals surface area contributed by atoms with Crippen molar-refractivity contribution in [3.8, 4) is 0 Å². The lowest BCUT2D eigenvalue weighted by molar-refractivity contribution is -0.116. The fourth-order valence-electron chi connectivity index (χ4n) is 2.71. The SMILES string of the molecule is Nc1ccc(F)c(F)c1NC(=O)CCC1CCCCC1. The number of anilines is 2. The summed E-state index contributed by atoms with van der Waals surface area (Å²) in [6.07, 6.45) is 7.14. The zero-order valence-corrected chi connectivity index (χ0v) is 11.4. The summed E-state index contributed by atoms with van der Waals surface area (Å²) in [5.41, 5.74) is 5.34. The van der Waals surface area contributed by atoms with E-state index in [-0.39, 0.29) is 17.3 Å². The van der Waals surface area contributed by atoms with E-state index in [1.54, 1.807) is 0 Å². The fraction of sp³-hybridized carbons (Fsp3) is 0.533. The van der Waals surface area contributed by atoms with E-state index >= 15 is 0 Å². The van der Waals surface area contributed by atoms with Crippen molar-refractivity contribution < 1.29 is 13.6 Å². The van der Waals surface area contributed by atoms with Gasteiger partial charge in [-0.15, -0.1) is 0 Å². The maximum atomic E-state index is 13.5. The van der Waals surface area contributed by atoms with Gasteiger partial charge in [-0.3, -0.25) is 4.79 Å². The van der Waals surface area contributed by atoms with Gasteiger partial charge in [-0.2, -0.15) is 0 Å². The minimum absolute atomic E-state index is 0.0370. The number of rotatable bonds is 4. The van der Waals surface area contributed by atoms with Crippen LogP contribution >= 0.6 is 0 Å². The highest BCUT2D eigenvalue weighted by Gasteiger charge is 2.17. The van der Waals surface area contributed by atoms with E-state index in [1.165, 1.54) is 25.3 Å². The first-order valence-corrected chi connectivity index (χ1v) is 7.11. The molecule has 5 heteroatoms. The van der Waals surface area contributed by atoms with E-state index in [0.717, 1.165) is 25.3 Å². The van der Waals surface area contributed by atoms with Crippen molar-refractivity contribution in [3.63, 3.8) is 0 Å². The van der Waals surface area contributed by atoms with Crippen LogP contribution in [0.1, 0.15) is 44.9 Å². The van der Waals surface area contributed by atoms with Gasteiger partial charge in [-0.05, 0) is 24.5 Å². The zero-order chi connectivity index (χ0) is 14.5. The Bertz CT molecular complexity index is 485. The van der Waals surface area contributed by atoms with Crippen LogP contribution in [0.25, 0.3) is 0 Å². The van der Waals surface area contributed by atoms with Crippen LogP contribution in [0.5, 0.6) is 0 Å². The molecule has 1 aromatic rings. The van der Waals surface area contributed by atoms with Crippen LogP contribution in [0.3, 0.4) is 0 Å². The molecule has 0 radical (unpaired) electrons. The van der Waals surface area contributed by atoms with Crippen molar-refractivity contribution in [1.29, 1.82) is 0 Å². The second-order valence-corrected chi connectivity index (χ2v) is 5.42. The van der Waals surface area contributed by atoms with Crippen LogP contribution in [0.2, 0.25) is 0 Å². The Morgan fingerprint density at radius 3 is 2.65 bits per heavy atom. The van der Waals surface area contributed by atoms with Crippen LogP contribution < -0.4 is 11.1 Å². The van der Waals surface area contributed by atoms with Crippen LogP contribution in [-0.4, -0.2) is 5.91 Å². The number of carbonyl (C=O) groups is 1. The van der Waals surface area contributed by atoms with Crippen molar-refractivity contribution in [2.24, 2.45) is 5.92 Å². The number of nitrogens with one attached hydrogen (secondary N) is 1. The summed E-state index contributed by atoms with van der Waals surface area (Å²) < 4.78 is 26.7. The second kappa shape index (κ2) is 6.68. The van der Waals surface area contributed by atoms with E-state index in [2.05, 4.69) is 5.32 Å². The molecule has 0 unspecified atom stereocenters. The van der Waals surface area contributed by atoms with E-state index in [0.29, 0.717) is 12.3 Å². The zero-order valence-electron chi connectivity index (χ0n) is 11.4. The van der Waals surface area contributed by atoms with E-state index in [9.17, 15) is 13.6 Å². The van der Waals surface area contributed by atoms with Gasteiger partial charge in [-0.1, -0.05) is 32.1 Å². The van der Waals surface area contributed by atoms with Crippen molar-refractivity contribution in [2.45, 2.75) is 44.9 Å². The summed E-state index contributed by atoms with van der Waals surface area (Å²) in [5, 5.41) is 2.38. The average Bonchev–Trinajstić information content (AvgIpc) is 2.46. The fourth-order valence-corrected chi connectivity index (χ4v) is 2.71. The molecule has 1 aliphatic rings. The number of amides is 1. The maximum Gasteiger partial charge on any atom is 0.224 e. The Labute approximate surface area is 117 Å². The third-order valence-electron chi connectivity index (χ3n) is 3.90. The number of nitrogens with two attached hydrogens (primary N) is 1. The van der Waals surface area contributed by atoms with Gasteiger partial charge in [0.25, 0.3) is 0 Å². The van der Waals surface area contributed by atoms with Crippen molar-refractivity contribution in [3.05, 3.63) is 23.8 Å². The Hall–Kier alpha value is -1.65. The van der Waals surface area contributed by atoms with Crippen LogP contribution in [0, 0.1) is 17.6 Å². The highest BCUT2D eigenvalue weighted by molar-refractivity contribution is 5.93. The first-order chi connectivity index (χ1) is 9.58. The molecule has 1 aliphatic carbocycles. The molecule has 3 N–H and O–H groups in total. The predicted octanol–water partition coefficient (Wildman–Crippen LogP) is 3.85. The topological polar surface area (TPSA) is 55.1 Å². The third kappa shape index (κ3) is 3.68. The molecule has 0 bridgehead atoms. The lowest BCUT2D eigenvalue weighted by Crippen LogP contribution is -2.17. The molecule has 1 saturated carbocycles. The lowest BCUT2D eigenvalue weighted by atomic mass is 9.86. The molecule has 0 aromatic heterocycles. The van der Waals surface area contributed by atoms with Crippen LogP contribution in [-0.2, 0) is 4.79 Å². The van der Waals surface area contributed by atoms with Crippen molar-refractivity contribution >= 4 is 17.3 Å². The van der Waals surface area contributed by atoms with E-state index in [1.807, 2.05) is 0 Å². The summed E-state index contributed by atoms with van der Waals surface area (Å²) >= 11 is 0. The van der Waals surface area contributed by atoms with Gasteiger partial charge in [0.1, 0.15) is 5.69 Å². The van der Waals surface area contributed by atoms with Gasteiger partial charge in [0.15, 0.2) is 11.6 Å². The molecule has 3 nitrogen and oxygen atoms in total. The van der Waals surface area contributed by atoms with Gasteiger partial charge in [-0.25, -0.2) is 8.78 Å². The molecule has 1 aromatic carbocycles. The molecule has 20 heavy (non-hydrogen) atoms. The van der Waals surface area contributed by atoms with Crippen LogP contribution in [0.15, 0.2) is 12.1 Å². The number of nitrogen functional groups attached to an aromatic ring is 1.